The molecule has 0 aliphatic heterocycles. The van der Waals surface area contributed by atoms with Gasteiger partial charge in [-0.05, 0) is 49.4 Å². The third-order valence-electron chi connectivity index (χ3n) is 3.67. The molecule has 132 valence electrons. The second-order valence-corrected chi connectivity index (χ2v) is 5.95. The van der Waals surface area contributed by atoms with Gasteiger partial charge in [-0.3, -0.25) is 14.7 Å². The molecule has 0 radical (unpaired) electrons. The highest BCUT2D eigenvalue weighted by molar-refractivity contribution is 6.30. The summed E-state index contributed by atoms with van der Waals surface area (Å²) in [6.45, 7) is 1.73. The summed E-state index contributed by atoms with van der Waals surface area (Å²) in [6, 6.07) is 12.6. The van der Waals surface area contributed by atoms with E-state index < -0.39 is 5.91 Å². The van der Waals surface area contributed by atoms with Crippen molar-refractivity contribution in [2.24, 2.45) is 5.10 Å². The van der Waals surface area contributed by atoms with Crippen molar-refractivity contribution in [3.8, 4) is 11.4 Å². The monoisotopic (exact) mass is 370 g/mol. The molecule has 7 nitrogen and oxygen atoms in total. The first-order valence-corrected chi connectivity index (χ1v) is 8.03. The number of phenols is 1. The predicted molar refractivity (Wildman–Crippen MR) is 99.3 cm³/mol. The number of nitrogens with zero attached hydrogens (tertiary/aromatic N) is 2. The lowest BCUT2D eigenvalue weighted by atomic mass is 10.2. The van der Waals surface area contributed by atoms with Gasteiger partial charge in [-0.15, -0.1) is 0 Å². The molecule has 1 aromatic heterocycles. The number of amides is 1. The molecule has 0 unspecified atom stereocenters. The SMILES string of the molecule is Cc1[nH]n(-c2cccc(Cl)c2)c(=O)c1C=NNC(=O)c1ccc(O)cc1. The number of hydrazone groups is 1. The Morgan fingerprint density at radius 3 is 2.69 bits per heavy atom. The summed E-state index contributed by atoms with van der Waals surface area (Å²) in [5.74, 6) is -0.390. The Morgan fingerprint density at radius 1 is 1.27 bits per heavy atom. The first-order valence-electron chi connectivity index (χ1n) is 7.65. The number of halogens is 1. The molecule has 8 heteroatoms. The van der Waals surface area contributed by atoms with Crippen molar-refractivity contribution in [3.05, 3.63) is 80.7 Å². The number of rotatable bonds is 4. The van der Waals surface area contributed by atoms with E-state index in [1.54, 1.807) is 31.2 Å². The number of phenolic OH excluding ortho intramolecular Hbond substituents is 1. The minimum atomic E-state index is -0.454. The lowest BCUT2D eigenvalue weighted by Gasteiger charge is -2.01. The van der Waals surface area contributed by atoms with Gasteiger partial charge in [-0.1, -0.05) is 17.7 Å². The molecule has 0 bridgehead atoms. The van der Waals surface area contributed by atoms with Crippen LogP contribution in [0.2, 0.25) is 5.02 Å². The summed E-state index contributed by atoms with van der Waals surface area (Å²) in [5, 5.41) is 16.5. The fourth-order valence-corrected chi connectivity index (χ4v) is 2.53. The number of aromatic nitrogens is 2. The molecule has 3 aromatic rings. The van der Waals surface area contributed by atoms with Gasteiger partial charge in [0.05, 0.1) is 17.5 Å². The Labute approximate surface area is 153 Å². The molecule has 26 heavy (non-hydrogen) atoms. The van der Waals surface area contributed by atoms with E-state index in [0.717, 1.165) is 0 Å². The quantitative estimate of drug-likeness (QED) is 0.486. The summed E-state index contributed by atoms with van der Waals surface area (Å²) in [7, 11) is 0. The second-order valence-electron chi connectivity index (χ2n) is 5.52. The van der Waals surface area contributed by atoms with Crippen LogP contribution < -0.4 is 11.0 Å². The number of carbonyl (C=O) groups excluding carboxylic acids is 1. The zero-order valence-electron chi connectivity index (χ0n) is 13.7. The van der Waals surface area contributed by atoms with Crippen LogP contribution in [0.5, 0.6) is 5.75 Å². The van der Waals surface area contributed by atoms with E-state index in [4.69, 9.17) is 11.6 Å². The van der Waals surface area contributed by atoms with Crippen molar-refractivity contribution in [3.63, 3.8) is 0 Å². The summed E-state index contributed by atoms with van der Waals surface area (Å²) >= 11 is 5.96. The highest BCUT2D eigenvalue weighted by atomic mass is 35.5. The maximum absolute atomic E-state index is 12.5. The van der Waals surface area contributed by atoms with Gasteiger partial charge in [0.2, 0.25) is 0 Å². The fraction of sp³-hybridized carbons (Fsp3) is 0.0556. The molecular weight excluding hydrogens is 356 g/mol. The minimum absolute atomic E-state index is 0.0644. The van der Waals surface area contributed by atoms with Crippen molar-refractivity contribution >= 4 is 23.7 Å². The van der Waals surface area contributed by atoms with Gasteiger partial charge in [-0.2, -0.15) is 5.10 Å². The average molecular weight is 371 g/mol. The number of hydrogen-bond acceptors (Lipinski definition) is 4. The molecule has 2 aromatic carbocycles. The molecule has 0 fully saturated rings. The van der Waals surface area contributed by atoms with Crippen molar-refractivity contribution in [1.29, 1.82) is 0 Å². The van der Waals surface area contributed by atoms with Crippen LogP contribution in [0.15, 0.2) is 58.4 Å². The van der Waals surface area contributed by atoms with E-state index in [1.165, 1.54) is 35.2 Å². The van der Waals surface area contributed by atoms with Crippen LogP contribution in [0.3, 0.4) is 0 Å². The van der Waals surface area contributed by atoms with Gasteiger partial charge >= 0.3 is 0 Å². The first kappa shape index (κ1) is 17.5. The Hall–Kier alpha value is -3.32. The van der Waals surface area contributed by atoms with Gasteiger partial charge in [0.25, 0.3) is 11.5 Å². The maximum atomic E-state index is 12.5. The van der Waals surface area contributed by atoms with E-state index in [1.807, 2.05) is 0 Å². The van der Waals surface area contributed by atoms with E-state index in [0.29, 0.717) is 27.5 Å². The summed E-state index contributed by atoms with van der Waals surface area (Å²) in [6.07, 6.45) is 1.29. The zero-order chi connectivity index (χ0) is 18.7. The zero-order valence-corrected chi connectivity index (χ0v) is 14.5. The molecule has 1 amide bonds. The van der Waals surface area contributed by atoms with E-state index in [9.17, 15) is 14.7 Å². The number of nitrogens with one attached hydrogen (secondary N) is 2. The second kappa shape index (κ2) is 7.28. The summed E-state index contributed by atoms with van der Waals surface area (Å²) in [5.41, 5.74) is 3.87. The number of aromatic amines is 1. The van der Waals surface area contributed by atoms with Crippen molar-refractivity contribution < 1.29 is 9.90 Å². The van der Waals surface area contributed by atoms with Crippen LogP contribution >= 0.6 is 11.6 Å². The van der Waals surface area contributed by atoms with Gasteiger partial charge in [0.1, 0.15) is 5.75 Å². The highest BCUT2D eigenvalue weighted by Crippen LogP contribution is 2.13. The van der Waals surface area contributed by atoms with E-state index >= 15 is 0 Å². The molecular formula is C18H15ClN4O3. The molecule has 0 aliphatic carbocycles. The Morgan fingerprint density at radius 2 is 2.00 bits per heavy atom. The lowest BCUT2D eigenvalue weighted by molar-refractivity contribution is 0.0955. The van der Waals surface area contributed by atoms with Crippen molar-refractivity contribution in [2.75, 3.05) is 0 Å². The molecule has 0 atom stereocenters. The third-order valence-corrected chi connectivity index (χ3v) is 3.91. The molecule has 0 spiro atoms. The molecule has 1 heterocycles. The van der Waals surface area contributed by atoms with Crippen LogP contribution in [-0.4, -0.2) is 27.0 Å². The fourth-order valence-electron chi connectivity index (χ4n) is 2.34. The summed E-state index contributed by atoms with van der Waals surface area (Å²) in [4.78, 5) is 24.5. The number of benzene rings is 2. The lowest BCUT2D eigenvalue weighted by Crippen LogP contribution is -2.20. The van der Waals surface area contributed by atoms with Crippen LogP contribution in [0.4, 0.5) is 0 Å². The number of aromatic hydroxyl groups is 1. The number of H-pyrrole nitrogens is 1. The number of carbonyl (C=O) groups is 1. The van der Waals surface area contributed by atoms with Crippen molar-refractivity contribution in [2.45, 2.75) is 6.92 Å². The minimum Gasteiger partial charge on any atom is -0.508 e. The molecule has 0 aliphatic rings. The Balaban J connectivity index is 1.80. The average Bonchev–Trinajstić information content (AvgIpc) is 2.90. The van der Waals surface area contributed by atoms with Gasteiger partial charge in [0.15, 0.2) is 0 Å². The molecule has 0 saturated carbocycles. The van der Waals surface area contributed by atoms with Gasteiger partial charge in [0, 0.05) is 16.3 Å². The van der Waals surface area contributed by atoms with Crippen LogP contribution in [0, 0.1) is 6.92 Å². The normalized spacial score (nSPS) is 11.0. The van der Waals surface area contributed by atoms with Crippen LogP contribution in [0.25, 0.3) is 5.69 Å². The topological polar surface area (TPSA) is 99.5 Å². The highest BCUT2D eigenvalue weighted by Gasteiger charge is 2.11. The van der Waals surface area contributed by atoms with Gasteiger partial charge < -0.3 is 5.11 Å². The predicted octanol–water partition coefficient (Wildman–Crippen LogP) is 2.60. The standard InChI is InChI=1S/C18H15ClN4O3/c1-11-16(10-20-21-17(25)12-5-7-15(24)8-6-12)18(26)23(22-11)14-4-2-3-13(19)9-14/h2-10,22,24H,1H3,(H,21,25). The van der Waals surface area contributed by atoms with E-state index in [2.05, 4.69) is 15.6 Å². The number of hydrogen-bond donors (Lipinski definition) is 3. The molecule has 3 rings (SSSR count). The maximum Gasteiger partial charge on any atom is 0.280 e. The third kappa shape index (κ3) is 3.68. The largest absolute Gasteiger partial charge is 0.508 e. The Bertz CT molecular complexity index is 1040. The van der Waals surface area contributed by atoms with Crippen LogP contribution in [0.1, 0.15) is 21.6 Å². The molecule has 0 saturated heterocycles. The number of aryl methyl sites for hydroxylation is 1. The Kier molecular flexibility index (Phi) is 4.90. The smallest absolute Gasteiger partial charge is 0.280 e. The van der Waals surface area contributed by atoms with Crippen molar-refractivity contribution in [1.82, 2.24) is 15.2 Å². The van der Waals surface area contributed by atoms with Crippen LogP contribution in [-0.2, 0) is 0 Å². The molecule has 3 N–H and O–H groups in total. The van der Waals surface area contributed by atoms with E-state index in [-0.39, 0.29) is 11.3 Å². The first-order chi connectivity index (χ1) is 12.5. The summed E-state index contributed by atoms with van der Waals surface area (Å²) < 4.78 is 1.35. The van der Waals surface area contributed by atoms with Gasteiger partial charge in [-0.25, -0.2) is 10.1 Å².